The number of thioether (sulfide) groups is 1. The minimum atomic E-state index is 0.0726. The van der Waals surface area contributed by atoms with Crippen LogP contribution < -0.4 is 0 Å². The second-order valence-electron chi connectivity index (χ2n) is 7.20. The molecule has 0 bridgehead atoms. The van der Waals surface area contributed by atoms with E-state index in [1.165, 1.54) is 11.8 Å². The fourth-order valence-corrected chi connectivity index (χ4v) is 4.35. The number of amides is 2. The molecule has 7 nitrogen and oxygen atoms in total. The molecule has 1 aromatic carbocycles. The Labute approximate surface area is 175 Å². The van der Waals surface area contributed by atoms with Gasteiger partial charge in [-0.2, -0.15) is 4.98 Å². The van der Waals surface area contributed by atoms with Gasteiger partial charge in [-0.15, -0.1) is 11.8 Å². The topological polar surface area (TPSA) is 79.5 Å². The van der Waals surface area contributed by atoms with Crippen LogP contribution >= 0.6 is 11.8 Å². The number of hydrogen-bond acceptors (Lipinski definition) is 6. The quantitative estimate of drug-likeness (QED) is 0.658. The molecular weight excluding hydrogens is 388 g/mol. The molecule has 29 heavy (non-hydrogen) atoms. The first-order valence-corrected chi connectivity index (χ1v) is 11.2. The number of carbonyl (C=O) groups excluding carboxylic acids is 2. The van der Waals surface area contributed by atoms with Crippen molar-refractivity contribution < 1.29 is 14.1 Å². The van der Waals surface area contributed by atoms with Gasteiger partial charge in [0.1, 0.15) is 0 Å². The molecule has 3 rings (SSSR count). The summed E-state index contributed by atoms with van der Waals surface area (Å²) in [6.45, 7) is 5.95. The van der Waals surface area contributed by atoms with E-state index in [1.54, 1.807) is 6.92 Å². The molecule has 1 fully saturated rings. The monoisotopic (exact) mass is 416 g/mol. The lowest BCUT2D eigenvalue weighted by molar-refractivity contribution is -0.131. The molecule has 1 saturated heterocycles. The Bertz CT molecular complexity index is 803. The molecule has 1 aliphatic heterocycles. The van der Waals surface area contributed by atoms with Crippen molar-refractivity contribution in [2.75, 3.05) is 25.4 Å². The average molecular weight is 417 g/mol. The standard InChI is InChI=1S/C21H28N4O3S/c1-3-11-25(20(26)15-29-14-19-22-16(2)28-23-19)18-9-12-24(13-10-18)21(27)17-7-5-4-6-8-17/h4-8,18H,3,9-15H2,1-2H3. The lowest BCUT2D eigenvalue weighted by Crippen LogP contribution is -2.49. The number of aryl methyl sites for hydroxylation is 1. The van der Waals surface area contributed by atoms with Gasteiger partial charge in [0, 0.05) is 38.2 Å². The van der Waals surface area contributed by atoms with Crippen LogP contribution in [0.1, 0.15) is 48.3 Å². The molecule has 2 heterocycles. The van der Waals surface area contributed by atoms with Crippen molar-refractivity contribution in [1.29, 1.82) is 0 Å². The molecule has 1 aliphatic rings. The predicted octanol–water partition coefficient (Wildman–Crippen LogP) is 3.15. The van der Waals surface area contributed by atoms with Gasteiger partial charge in [-0.25, -0.2) is 0 Å². The Kier molecular flexibility index (Phi) is 7.69. The number of piperidine rings is 1. The van der Waals surface area contributed by atoms with Crippen molar-refractivity contribution in [2.45, 2.75) is 44.9 Å². The molecule has 0 N–H and O–H groups in total. The lowest BCUT2D eigenvalue weighted by atomic mass is 10.0. The summed E-state index contributed by atoms with van der Waals surface area (Å²) < 4.78 is 4.96. The lowest BCUT2D eigenvalue weighted by Gasteiger charge is -2.38. The van der Waals surface area contributed by atoms with Crippen molar-refractivity contribution in [1.82, 2.24) is 19.9 Å². The highest BCUT2D eigenvalue weighted by atomic mass is 32.2. The second kappa shape index (κ2) is 10.4. The number of carbonyl (C=O) groups is 2. The Morgan fingerprint density at radius 1 is 1.24 bits per heavy atom. The smallest absolute Gasteiger partial charge is 0.253 e. The summed E-state index contributed by atoms with van der Waals surface area (Å²) in [7, 11) is 0. The fraction of sp³-hybridized carbons (Fsp3) is 0.524. The molecule has 0 unspecified atom stereocenters. The Hall–Kier alpha value is -2.35. The molecule has 156 valence electrons. The maximum absolute atomic E-state index is 12.8. The van der Waals surface area contributed by atoms with E-state index < -0.39 is 0 Å². The average Bonchev–Trinajstić information content (AvgIpc) is 3.17. The molecule has 0 radical (unpaired) electrons. The SMILES string of the molecule is CCCN(C(=O)CSCc1noc(C)n1)C1CCN(C(=O)c2ccccc2)CC1. The van der Waals surface area contributed by atoms with Crippen LogP contribution in [0, 0.1) is 6.92 Å². The number of benzene rings is 1. The summed E-state index contributed by atoms with van der Waals surface area (Å²) in [6, 6.07) is 9.57. The van der Waals surface area contributed by atoms with Crippen molar-refractivity contribution in [3.05, 3.63) is 47.6 Å². The van der Waals surface area contributed by atoms with Gasteiger partial charge in [0.15, 0.2) is 5.82 Å². The fourth-order valence-electron chi connectivity index (χ4n) is 3.61. The van der Waals surface area contributed by atoms with E-state index >= 15 is 0 Å². The molecule has 8 heteroatoms. The molecule has 0 saturated carbocycles. The Morgan fingerprint density at radius 2 is 1.97 bits per heavy atom. The highest BCUT2D eigenvalue weighted by molar-refractivity contribution is 7.99. The number of hydrogen-bond donors (Lipinski definition) is 0. The van der Waals surface area contributed by atoms with Crippen LogP contribution in [0.4, 0.5) is 0 Å². The summed E-state index contributed by atoms with van der Waals surface area (Å²) in [6.07, 6.45) is 2.56. The van der Waals surface area contributed by atoms with E-state index in [1.807, 2.05) is 40.1 Å². The number of nitrogens with zero attached hydrogens (tertiary/aromatic N) is 4. The van der Waals surface area contributed by atoms with Crippen LogP contribution in [-0.4, -0.2) is 63.2 Å². The van der Waals surface area contributed by atoms with Crippen molar-refractivity contribution in [3.8, 4) is 0 Å². The minimum absolute atomic E-state index is 0.0726. The van der Waals surface area contributed by atoms with Crippen LogP contribution in [0.15, 0.2) is 34.9 Å². The first-order chi connectivity index (χ1) is 14.1. The summed E-state index contributed by atoms with van der Waals surface area (Å²) in [5.74, 6) is 2.34. The highest BCUT2D eigenvalue weighted by Gasteiger charge is 2.29. The third kappa shape index (κ3) is 5.82. The molecule has 1 aromatic heterocycles. The largest absolute Gasteiger partial charge is 0.340 e. The molecule has 2 aromatic rings. The van der Waals surface area contributed by atoms with E-state index in [0.717, 1.165) is 31.4 Å². The third-order valence-electron chi connectivity index (χ3n) is 5.02. The van der Waals surface area contributed by atoms with E-state index in [-0.39, 0.29) is 17.9 Å². The van der Waals surface area contributed by atoms with Gasteiger partial charge in [0.2, 0.25) is 11.8 Å². The first-order valence-electron chi connectivity index (χ1n) is 10.1. The normalized spacial score (nSPS) is 14.8. The van der Waals surface area contributed by atoms with Gasteiger partial charge in [-0.1, -0.05) is 30.3 Å². The third-order valence-corrected chi connectivity index (χ3v) is 5.94. The molecule has 0 atom stereocenters. The predicted molar refractivity (Wildman–Crippen MR) is 113 cm³/mol. The summed E-state index contributed by atoms with van der Waals surface area (Å²) in [5.41, 5.74) is 0.723. The zero-order valence-electron chi connectivity index (χ0n) is 17.0. The second-order valence-corrected chi connectivity index (χ2v) is 8.18. The van der Waals surface area contributed by atoms with E-state index in [0.29, 0.717) is 36.3 Å². The van der Waals surface area contributed by atoms with Crippen molar-refractivity contribution in [2.24, 2.45) is 0 Å². The van der Waals surface area contributed by atoms with Crippen molar-refractivity contribution in [3.63, 3.8) is 0 Å². The maximum Gasteiger partial charge on any atom is 0.253 e. The molecule has 0 aliphatic carbocycles. The summed E-state index contributed by atoms with van der Waals surface area (Å²) in [4.78, 5) is 33.5. The number of likely N-dealkylation sites (tertiary alicyclic amines) is 1. The number of aromatic nitrogens is 2. The van der Waals surface area contributed by atoms with Crippen LogP contribution in [-0.2, 0) is 10.5 Å². The highest BCUT2D eigenvalue weighted by Crippen LogP contribution is 2.21. The summed E-state index contributed by atoms with van der Waals surface area (Å²) in [5, 5.41) is 3.86. The van der Waals surface area contributed by atoms with Crippen LogP contribution in [0.3, 0.4) is 0 Å². The van der Waals surface area contributed by atoms with E-state index in [2.05, 4.69) is 17.1 Å². The maximum atomic E-state index is 12.8. The molecule has 2 amide bonds. The number of rotatable bonds is 8. The van der Waals surface area contributed by atoms with E-state index in [4.69, 9.17) is 4.52 Å². The van der Waals surface area contributed by atoms with Crippen molar-refractivity contribution >= 4 is 23.6 Å². The van der Waals surface area contributed by atoms with Gasteiger partial charge in [-0.05, 0) is 31.4 Å². The molecular formula is C21H28N4O3S. The van der Waals surface area contributed by atoms with Gasteiger partial charge in [0.05, 0.1) is 11.5 Å². The van der Waals surface area contributed by atoms with Gasteiger partial charge < -0.3 is 14.3 Å². The van der Waals surface area contributed by atoms with Crippen LogP contribution in [0.5, 0.6) is 0 Å². The van der Waals surface area contributed by atoms with Gasteiger partial charge in [-0.3, -0.25) is 9.59 Å². The molecule has 0 spiro atoms. The summed E-state index contributed by atoms with van der Waals surface area (Å²) >= 11 is 1.51. The Balaban J connectivity index is 1.50. The minimum Gasteiger partial charge on any atom is -0.340 e. The van der Waals surface area contributed by atoms with Crippen LogP contribution in [0.2, 0.25) is 0 Å². The Morgan fingerprint density at radius 3 is 2.59 bits per heavy atom. The first kappa shape index (κ1) is 21.4. The zero-order valence-corrected chi connectivity index (χ0v) is 17.9. The van der Waals surface area contributed by atoms with Gasteiger partial charge in [0.25, 0.3) is 5.91 Å². The van der Waals surface area contributed by atoms with Crippen LogP contribution in [0.25, 0.3) is 0 Å². The van der Waals surface area contributed by atoms with Gasteiger partial charge >= 0.3 is 0 Å². The van der Waals surface area contributed by atoms with E-state index in [9.17, 15) is 9.59 Å². The zero-order chi connectivity index (χ0) is 20.6.